The second-order valence-electron chi connectivity index (χ2n) is 6.21. The molecule has 0 amide bonds. The van der Waals surface area contributed by atoms with Gasteiger partial charge in [-0.1, -0.05) is 19.3 Å². The topological polar surface area (TPSA) is 39.1 Å². The number of hydrogen-bond donors (Lipinski definition) is 1. The summed E-state index contributed by atoms with van der Waals surface area (Å²) in [7, 11) is 5.91. The van der Waals surface area contributed by atoms with Gasteiger partial charge in [0.25, 0.3) is 0 Å². The van der Waals surface area contributed by atoms with Gasteiger partial charge in [-0.05, 0) is 32.0 Å². The van der Waals surface area contributed by atoms with E-state index in [1.165, 1.54) is 37.6 Å². The van der Waals surface area contributed by atoms with Gasteiger partial charge in [0, 0.05) is 25.1 Å². The van der Waals surface area contributed by atoms with Crippen molar-refractivity contribution in [3.8, 4) is 5.75 Å². The molecule has 1 fully saturated rings. The minimum Gasteiger partial charge on any atom is -0.497 e. The molecule has 0 aliphatic heterocycles. The van der Waals surface area contributed by atoms with Crippen molar-refractivity contribution in [2.24, 2.45) is 7.05 Å². The highest BCUT2D eigenvalue weighted by atomic mass is 16.5. The maximum atomic E-state index is 5.30. The van der Waals surface area contributed by atoms with Crippen LogP contribution in [0.2, 0.25) is 0 Å². The summed E-state index contributed by atoms with van der Waals surface area (Å²) < 4.78 is 7.53. The highest BCUT2D eigenvalue weighted by Crippen LogP contribution is 2.32. The molecule has 0 bridgehead atoms. The number of methoxy groups -OCH3 is 1. The van der Waals surface area contributed by atoms with Gasteiger partial charge in [0.2, 0.25) is 0 Å². The van der Waals surface area contributed by atoms with Crippen LogP contribution in [-0.4, -0.2) is 29.2 Å². The number of likely N-dealkylation sites (N-methyl/N-ethyl adjacent to an activating group) is 1. The van der Waals surface area contributed by atoms with E-state index < -0.39 is 0 Å². The quantitative estimate of drug-likeness (QED) is 0.939. The molecule has 2 aromatic rings. The molecule has 114 valence electrons. The third-order valence-corrected chi connectivity index (χ3v) is 5.02. The van der Waals surface area contributed by atoms with Gasteiger partial charge in [0.05, 0.1) is 18.1 Å². The number of benzene rings is 1. The fraction of sp³-hybridized carbons (Fsp3) is 0.588. The van der Waals surface area contributed by atoms with E-state index in [1.807, 2.05) is 12.1 Å². The summed E-state index contributed by atoms with van der Waals surface area (Å²) in [4.78, 5) is 4.85. The molecule has 1 heterocycles. The summed E-state index contributed by atoms with van der Waals surface area (Å²) in [5.74, 6) is 2.03. The molecule has 4 nitrogen and oxygen atoms in total. The summed E-state index contributed by atoms with van der Waals surface area (Å²) in [6, 6.07) is 6.12. The number of fused-ring (bicyclic) bond motifs is 1. The van der Waals surface area contributed by atoms with Gasteiger partial charge >= 0.3 is 0 Å². The standard InChI is InChI=1S/C17H25N3O/c1-18-17(9-5-4-6-10-17)12-16-19-14-11-13(21-3)7-8-15(14)20(16)2/h7-8,11,18H,4-6,9-10,12H2,1-3H3. The number of imidazole rings is 1. The van der Waals surface area contributed by atoms with E-state index >= 15 is 0 Å². The number of aromatic nitrogens is 2. The molecule has 3 rings (SSSR count). The number of nitrogens with one attached hydrogen (secondary N) is 1. The Balaban J connectivity index is 1.94. The lowest BCUT2D eigenvalue weighted by Crippen LogP contribution is -2.47. The molecule has 1 aromatic heterocycles. The summed E-state index contributed by atoms with van der Waals surface area (Å²) in [6.07, 6.45) is 7.49. The zero-order valence-electron chi connectivity index (χ0n) is 13.3. The van der Waals surface area contributed by atoms with Gasteiger partial charge in [-0.25, -0.2) is 4.98 Å². The van der Waals surface area contributed by atoms with E-state index in [4.69, 9.17) is 9.72 Å². The van der Waals surface area contributed by atoms with Crippen molar-refractivity contribution in [3.05, 3.63) is 24.0 Å². The van der Waals surface area contributed by atoms with E-state index in [1.54, 1.807) is 7.11 Å². The molecule has 1 saturated carbocycles. The van der Waals surface area contributed by atoms with Gasteiger partial charge in [0.15, 0.2) is 0 Å². The van der Waals surface area contributed by atoms with E-state index in [9.17, 15) is 0 Å². The Bertz CT molecular complexity index is 626. The van der Waals surface area contributed by atoms with E-state index in [2.05, 4.69) is 30.0 Å². The maximum absolute atomic E-state index is 5.30. The van der Waals surface area contributed by atoms with Gasteiger partial charge in [-0.2, -0.15) is 0 Å². The van der Waals surface area contributed by atoms with E-state index in [0.717, 1.165) is 23.5 Å². The van der Waals surface area contributed by atoms with Crippen molar-refractivity contribution >= 4 is 11.0 Å². The molecule has 0 saturated heterocycles. The molecule has 0 spiro atoms. The van der Waals surface area contributed by atoms with Crippen LogP contribution in [0, 0.1) is 0 Å². The van der Waals surface area contributed by atoms with Crippen LogP contribution >= 0.6 is 0 Å². The molecule has 21 heavy (non-hydrogen) atoms. The third-order valence-electron chi connectivity index (χ3n) is 5.02. The Kier molecular flexibility index (Phi) is 3.89. The van der Waals surface area contributed by atoms with Crippen molar-refractivity contribution in [3.63, 3.8) is 0 Å². The summed E-state index contributed by atoms with van der Waals surface area (Å²) in [5.41, 5.74) is 2.42. The highest BCUT2D eigenvalue weighted by Gasteiger charge is 2.32. The predicted molar refractivity (Wildman–Crippen MR) is 85.8 cm³/mol. The van der Waals surface area contributed by atoms with Crippen molar-refractivity contribution in [1.29, 1.82) is 0 Å². The average Bonchev–Trinajstić information content (AvgIpc) is 2.83. The van der Waals surface area contributed by atoms with Gasteiger partial charge in [0.1, 0.15) is 11.6 Å². The molecule has 0 atom stereocenters. The average molecular weight is 287 g/mol. The highest BCUT2D eigenvalue weighted by molar-refractivity contribution is 5.77. The molecular formula is C17H25N3O. The molecule has 4 heteroatoms. The SMILES string of the molecule is CNC1(Cc2nc3cc(OC)ccc3n2C)CCCCC1. The Labute approximate surface area is 126 Å². The Morgan fingerprint density at radius 2 is 2.05 bits per heavy atom. The first-order chi connectivity index (χ1) is 10.2. The molecule has 0 radical (unpaired) electrons. The number of ether oxygens (including phenoxy) is 1. The van der Waals surface area contributed by atoms with Gasteiger partial charge in [-0.3, -0.25) is 0 Å². The lowest BCUT2D eigenvalue weighted by molar-refractivity contribution is 0.240. The summed E-state index contributed by atoms with van der Waals surface area (Å²) >= 11 is 0. The largest absolute Gasteiger partial charge is 0.497 e. The summed E-state index contributed by atoms with van der Waals surface area (Å²) in [5, 5.41) is 3.58. The minimum absolute atomic E-state index is 0.220. The maximum Gasteiger partial charge on any atom is 0.121 e. The first-order valence-corrected chi connectivity index (χ1v) is 7.86. The molecule has 0 unspecified atom stereocenters. The Morgan fingerprint density at radius 1 is 1.29 bits per heavy atom. The lowest BCUT2D eigenvalue weighted by atomic mass is 9.79. The fourth-order valence-electron chi connectivity index (χ4n) is 3.56. The van der Waals surface area contributed by atoms with Crippen LogP contribution in [-0.2, 0) is 13.5 Å². The van der Waals surface area contributed by atoms with Crippen molar-refractivity contribution in [1.82, 2.24) is 14.9 Å². The minimum atomic E-state index is 0.220. The van der Waals surface area contributed by atoms with Crippen molar-refractivity contribution in [2.75, 3.05) is 14.2 Å². The van der Waals surface area contributed by atoms with Crippen molar-refractivity contribution < 1.29 is 4.74 Å². The number of aryl methyl sites for hydroxylation is 1. The van der Waals surface area contributed by atoms with Crippen LogP contribution in [0.25, 0.3) is 11.0 Å². The zero-order chi connectivity index (χ0) is 14.9. The number of nitrogens with zero attached hydrogens (tertiary/aromatic N) is 2. The predicted octanol–water partition coefficient (Wildman–Crippen LogP) is 3.05. The molecule has 1 N–H and O–H groups in total. The van der Waals surface area contributed by atoms with Crippen LogP contribution in [0.15, 0.2) is 18.2 Å². The first kappa shape index (κ1) is 14.4. The Morgan fingerprint density at radius 3 is 2.71 bits per heavy atom. The molecule has 1 aromatic carbocycles. The lowest BCUT2D eigenvalue weighted by Gasteiger charge is -2.37. The van der Waals surface area contributed by atoms with Crippen LogP contribution in [0.1, 0.15) is 37.9 Å². The van der Waals surface area contributed by atoms with Gasteiger partial charge in [-0.15, -0.1) is 0 Å². The molecular weight excluding hydrogens is 262 g/mol. The second-order valence-corrected chi connectivity index (χ2v) is 6.21. The van der Waals surface area contributed by atoms with E-state index in [-0.39, 0.29) is 5.54 Å². The second kappa shape index (κ2) is 5.68. The van der Waals surface area contributed by atoms with Crippen LogP contribution in [0.4, 0.5) is 0 Å². The van der Waals surface area contributed by atoms with Crippen LogP contribution in [0.5, 0.6) is 5.75 Å². The number of hydrogen-bond acceptors (Lipinski definition) is 3. The smallest absolute Gasteiger partial charge is 0.121 e. The monoisotopic (exact) mass is 287 g/mol. The Hall–Kier alpha value is -1.55. The molecule has 1 aliphatic rings. The van der Waals surface area contributed by atoms with Crippen LogP contribution in [0.3, 0.4) is 0 Å². The van der Waals surface area contributed by atoms with Crippen LogP contribution < -0.4 is 10.1 Å². The third kappa shape index (κ3) is 2.64. The summed E-state index contributed by atoms with van der Waals surface area (Å²) in [6.45, 7) is 0. The molecule has 1 aliphatic carbocycles. The van der Waals surface area contributed by atoms with E-state index in [0.29, 0.717) is 0 Å². The first-order valence-electron chi connectivity index (χ1n) is 7.86. The fourth-order valence-corrected chi connectivity index (χ4v) is 3.56. The van der Waals surface area contributed by atoms with Gasteiger partial charge < -0.3 is 14.6 Å². The number of rotatable bonds is 4. The van der Waals surface area contributed by atoms with Crippen molar-refractivity contribution in [2.45, 2.75) is 44.1 Å². The normalized spacial score (nSPS) is 18.0. The zero-order valence-corrected chi connectivity index (χ0v) is 13.3.